The molecule has 1 unspecified atom stereocenters. The lowest BCUT2D eigenvalue weighted by molar-refractivity contribution is 0.167. The van der Waals surface area contributed by atoms with Gasteiger partial charge in [0.25, 0.3) is 0 Å². The van der Waals surface area contributed by atoms with E-state index >= 15 is 0 Å². The normalized spacial score (nSPS) is 24.2. The van der Waals surface area contributed by atoms with Gasteiger partial charge in [0, 0.05) is 53.8 Å². The first-order valence-corrected chi connectivity index (χ1v) is 10.6. The van der Waals surface area contributed by atoms with Crippen molar-refractivity contribution in [2.24, 2.45) is 0 Å². The summed E-state index contributed by atoms with van der Waals surface area (Å²) in [5.41, 5.74) is 4.43. The summed E-state index contributed by atoms with van der Waals surface area (Å²) in [6.07, 6.45) is 11.0. The minimum absolute atomic E-state index is 0.248. The molecule has 1 aromatic carbocycles. The Morgan fingerprint density at radius 1 is 1.10 bits per heavy atom. The molecule has 1 fully saturated rings. The minimum atomic E-state index is -0.248. The number of hydrogen-bond donors (Lipinski definition) is 2. The standard InChI is InChI=1S/C24H33N3O2/c1-16(2)27-12-9-17(10-13-27)25-23-18-14-21(28-4)22(29-5)15-20(18)26-24(3)11-7-6-8-19(23)24/h6-8,11,14-17,25-26H,9-10,12-13H2,1-5H3. The molecule has 2 N–H and O–H groups in total. The van der Waals surface area contributed by atoms with Crippen molar-refractivity contribution in [2.45, 2.75) is 51.2 Å². The summed E-state index contributed by atoms with van der Waals surface area (Å²) in [6.45, 7) is 9.08. The van der Waals surface area contributed by atoms with Gasteiger partial charge < -0.3 is 25.0 Å². The SMILES string of the molecule is COc1cc2c(cc1OC)C(NC1CCN(C(C)C)CC1)=C1C=CC=CC1(C)N2. The van der Waals surface area contributed by atoms with E-state index in [-0.39, 0.29) is 5.54 Å². The second-order valence-electron chi connectivity index (χ2n) is 8.64. The fraction of sp³-hybridized carbons (Fsp3) is 0.500. The molecule has 156 valence electrons. The van der Waals surface area contributed by atoms with E-state index in [1.807, 2.05) is 6.07 Å². The molecule has 0 aromatic heterocycles. The van der Waals surface area contributed by atoms with Crippen LogP contribution >= 0.6 is 0 Å². The Labute approximate surface area is 174 Å². The molecule has 0 bridgehead atoms. The van der Waals surface area contributed by atoms with Crippen LogP contribution in [0.5, 0.6) is 11.5 Å². The molecule has 0 amide bonds. The Kier molecular flexibility index (Phi) is 5.34. The van der Waals surface area contributed by atoms with E-state index in [2.05, 4.69) is 66.7 Å². The third-order valence-corrected chi connectivity index (χ3v) is 6.43. The van der Waals surface area contributed by atoms with Crippen LogP contribution in [-0.2, 0) is 0 Å². The van der Waals surface area contributed by atoms with Crippen LogP contribution in [0, 0.1) is 0 Å². The van der Waals surface area contributed by atoms with Crippen LogP contribution in [0.3, 0.4) is 0 Å². The first-order chi connectivity index (χ1) is 13.9. The lowest BCUT2D eigenvalue weighted by atomic mass is 9.80. The predicted molar refractivity (Wildman–Crippen MR) is 120 cm³/mol. The lowest BCUT2D eigenvalue weighted by Gasteiger charge is -2.42. The maximum absolute atomic E-state index is 5.60. The number of methoxy groups -OCH3 is 2. The molecule has 29 heavy (non-hydrogen) atoms. The first kappa shape index (κ1) is 19.9. The predicted octanol–water partition coefficient (Wildman–Crippen LogP) is 4.19. The molecule has 0 saturated carbocycles. The largest absolute Gasteiger partial charge is 0.493 e. The molecule has 4 rings (SSSR count). The van der Waals surface area contributed by atoms with E-state index in [4.69, 9.17) is 9.47 Å². The number of hydrogen-bond acceptors (Lipinski definition) is 5. The van der Waals surface area contributed by atoms with Gasteiger partial charge in [-0.15, -0.1) is 0 Å². The molecule has 0 radical (unpaired) electrons. The molecule has 1 saturated heterocycles. The second kappa shape index (κ2) is 7.79. The van der Waals surface area contributed by atoms with Crippen molar-refractivity contribution in [1.29, 1.82) is 0 Å². The summed E-state index contributed by atoms with van der Waals surface area (Å²) < 4.78 is 11.2. The quantitative estimate of drug-likeness (QED) is 0.783. The van der Waals surface area contributed by atoms with Crippen LogP contribution in [0.25, 0.3) is 5.70 Å². The Hall–Kier alpha value is -2.40. The van der Waals surface area contributed by atoms with Gasteiger partial charge in [0.15, 0.2) is 11.5 Å². The van der Waals surface area contributed by atoms with Crippen molar-refractivity contribution in [2.75, 3.05) is 32.6 Å². The lowest BCUT2D eigenvalue weighted by Crippen LogP contribution is -2.46. The summed E-state index contributed by atoms with van der Waals surface area (Å²) in [4.78, 5) is 2.56. The Morgan fingerprint density at radius 2 is 1.79 bits per heavy atom. The number of ether oxygens (including phenoxy) is 2. The average molecular weight is 396 g/mol. The monoisotopic (exact) mass is 395 g/mol. The molecule has 1 aliphatic carbocycles. The van der Waals surface area contributed by atoms with E-state index in [1.54, 1.807) is 14.2 Å². The molecule has 5 nitrogen and oxygen atoms in total. The molecule has 0 spiro atoms. The molecule has 1 aromatic rings. The van der Waals surface area contributed by atoms with Gasteiger partial charge in [-0.1, -0.05) is 24.3 Å². The van der Waals surface area contributed by atoms with Crippen molar-refractivity contribution in [1.82, 2.24) is 10.2 Å². The van der Waals surface area contributed by atoms with E-state index in [0.29, 0.717) is 12.1 Å². The van der Waals surface area contributed by atoms with E-state index in [0.717, 1.165) is 48.7 Å². The Bertz CT molecular complexity index is 863. The highest BCUT2D eigenvalue weighted by molar-refractivity contribution is 5.87. The van der Waals surface area contributed by atoms with Crippen LogP contribution in [-0.4, -0.2) is 49.8 Å². The topological polar surface area (TPSA) is 45.8 Å². The maximum atomic E-state index is 5.60. The number of nitrogens with one attached hydrogen (secondary N) is 2. The maximum Gasteiger partial charge on any atom is 0.162 e. The fourth-order valence-corrected chi connectivity index (χ4v) is 4.65. The summed E-state index contributed by atoms with van der Waals surface area (Å²) >= 11 is 0. The number of fused-ring (bicyclic) bond motifs is 2. The van der Waals surface area contributed by atoms with Crippen LogP contribution in [0.2, 0.25) is 0 Å². The van der Waals surface area contributed by atoms with E-state index in [1.165, 1.54) is 11.3 Å². The van der Waals surface area contributed by atoms with Crippen molar-refractivity contribution >= 4 is 11.4 Å². The second-order valence-corrected chi connectivity index (χ2v) is 8.64. The van der Waals surface area contributed by atoms with Crippen LogP contribution in [0.4, 0.5) is 5.69 Å². The highest BCUT2D eigenvalue weighted by Crippen LogP contribution is 2.45. The first-order valence-electron chi connectivity index (χ1n) is 10.6. The van der Waals surface area contributed by atoms with Crippen LogP contribution in [0.15, 0.2) is 42.0 Å². The van der Waals surface area contributed by atoms with Gasteiger partial charge in [0.05, 0.1) is 19.8 Å². The van der Waals surface area contributed by atoms with Gasteiger partial charge in [-0.2, -0.15) is 0 Å². The van der Waals surface area contributed by atoms with Gasteiger partial charge >= 0.3 is 0 Å². The molecular weight excluding hydrogens is 362 g/mol. The third-order valence-electron chi connectivity index (χ3n) is 6.43. The minimum Gasteiger partial charge on any atom is -0.493 e. The molecule has 3 aliphatic rings. The van der Waals surface area contributed by atoms with Crippen molar-refractivity contribution in [3.05, 3.63) is 47.6 Å². The smallest absolute Gasteiger partial charge is 0.162 e. The molecule has 2 aliphatic heterocycles. The van der Waals surface area contributed by atoms with Gasteiger partial charge in [-0.05, 0) is 39.7 Å². The van der Waals surface area contributed by atoms with Crippen molar-refractivity contribution < 1.29 is 9.47 Å². The Morgan fingerprint density at radius 3 is 2.45 bits per heavy atom. The number of allylic oxidation sites excluding steroid dienone is 2. The number of piperidine rings is 1. The molecule has 1 atom stereocenters. The summed E-state index contributed by atoms with van der Waals surface area (Å²) in [7, 11) is 3.37. The zero-order valence-electron chi connectivity index (χ0n) is 18.2. The molecule has 5 heteroatoms. The molecular formula is C24H33N3O2. The summed E-state index contributed by atoms with van der Waals surface area (Å²) in [5.74, 6) is 1.49. The highest BCUT2D eigenvalue weighted by Gasteiger charge is 2.36. The number of benzene rings is 1. The van der Waals surface area contributed by atoms with Gasteiger partial charge in [0.2, 0.25) is 0 Å². The van der Waals surface area contributed by atoms with Crippen LogP contribution < -0.4 is 20.1 Å². The fourth-order valence-electron chi connectivity index (χ4n) is 4.65. The molecule has 2 heterocycles. The van der Waals surface area contributed by atoms with Gasteiger partial charge in [0.1, 0.15) is 0 Å². The number of likely N-dealkylation sites (tertiary alicyclic amines) is 1. The zero-order chi connectivity index (χ0) is 20.6. The van der Waals surface area contributed by atoms with E-state index < -0.39 is 0 Å². The zero-order valence-corrected chi connectivity index (χ0v) is 18.2. The van der Waals surface area contributed by atoms with E-state index in [9.17, 15) is 0 Å². The number of rotatable bonds is 5. The van der Waals surface area contributed by atoms with Crippen molar-refractivity contribution in [3.8, 4) is 11.5 Å². The number of nitrogens with zero attached hydrogens (tertiary/aromatic N) is 1. The average Bonchev–Trinajstić information content (AvgIpc) is 2.72. The summed E-state index contributed by atoms with van der Waals surface area (Å²) in [5, 5.41) is 7.63. The Balaban J connectivity index is 1.72. The number of anilines is 1. The van der Waals surface area contributed by atoms with Crippen molar-refractivity contribution in [3.63, 3.8) is 0 Å². The highest BCUT2D eigenvalue weighted by atomic mass is 16.5. The third kappa shape index (κ3) is 3.64. The van der Waals surface area contributed by atoms with Gasteiger partial charge in [-0.3, -0.25) is 0 Å². The summed E-state index contributed by atoms with van der Waals surface area (Å²) in [6, 6.07) is 5.22. The van der Waals surface area contributed by atoms with Crippen LogP contribution in [0.1, 0.15) is 39.2 Å². The van der Waals surface area contributed by atoms with Gasteiger partial charge in [-0.25, -0.2) is 0 Å².